The number of terminal acetylenes is 1. The maximum Gasteiger partial charge on any atom is -0.00297 e. The summed E-state index contributed by atoms with van der Waals surface area (Å²) in [5.74, 6) is 2.25. The second-order valence-electron chi connectivity index (χ2n) is 1.44. The molecule has 1 aromatic rings. The van der Waals surface area contributed by atoms with Gasteiger partial charge in [0.1, 0.15) is 0 Å². The number of hydrogen-bond acceptors (Lipinski definition) is 0. The Labute approximate surface area is 70.3 Å². The third-order valence-electron chi connectivity index (χ3n) is 0.667. The molecule has 11 heavy (non-hydrogen) atoms. The van der Waals surface area contributed by atoms with Gasteiger partial charge in [-0.05, 0) is 6.92 Å². The molecule has 0 aliphatic rings. The molecule has 0 radical (unpaired) electrons. The molecule has 0 unspecified atom stereocenters. The third kappa shape index (κ3) is 17.7. The third-order valence-corrected chi connectivity index (χ3v) is 0.667. The zero-order chi connectivity index (χ0) is 8.95. The van der Waals surface area contributed by atoms with Gasteiger partial charge in [0.2, 0.25) is 0 Å². The van der Waals surface area contributed by atoms with Gasteiger partial charge >= 0.3 is 0 Å². The smallest absolute Gasteiger partial charge is 0.00297 e. The Morgan fingerprint density at radius 3 is 1.00 bits per heavy atom. The molecule has 0 heteroatoms. The monoisotopic (exact) mass is 148 g/mol. The average molecular weight is 148 g/mol. The molecule has 0 bridgehead atoms. The van der Waals surface area contributed by atoms with Crippen LogP contribution in [0.4, 0.5) is 0 Å². The molecule has 0 aliphatic carbocycles. The lowest BCUT2D eigenvalue weighted by Gasteiger charge is -1.69. The van der Waals surface area contributed by atoms with Crippen LogP contribution in [0.3, 0.4) is 0 Å². The first-order valence-corrected chi connectivity index (χ1v) is 3.79. The minimum Gasteiger partial charge on any atom is -0.120 e. The highest BCUT2D eigenvalue weighted by Crippen LogP contribution is 1.79. The van der Waals surface area contributed by atoms with Crippen molar-refractivity contribution in [1.29, 1.82) is 0 Å². The fourth-order valence-corrected chi connectivity index (χ4v) is 0.385. The fraction of sp³-hybridized carbons (Fsp3) is 0.273. The van der Waals surface area contributed by atoms with E-state index in [-0.39, 0.29) is 0 Å². The summed E-state index contributed by atoms with van der Waals surface area (Å²) < 4.78 is 0. The normalized spacial score (nSPS) is 5.64. The Bertz CT molecular complexity index is 130. The summed E-state index contributed by atoms with van der Waals surface area (Å²) in [6.07, 6.45) is 4.60. The predicted molar refractivity (Wildman–Crippen MR) is 52.3 cm³/mol. The predicted octanol–water partition coefficient (Wildman–Crippen LogP) is 3.35. The van der Waals surface area contributed by atoms with Gasteiger partial charge < -0.3 is 0 Å². The van der Waals surface area contributed by atoms with E-state index in [0.717, 1.165) is 0 Å². The largest absolute Gasteiger partial charge is 0.120 e. The minimum absolute atomic E-state index is 1.65. The summed E-state index contributed by atoms with van der Waals surface area (Å²) in [5, 5.41) is 0. The van der Waals surface area contributed by atoms with Crippen LogP contribution in [-0.4, -0.2) is 0 Å². The van der Waals surface area contributed by atoms with Crippen molar-refractivity contribution in [1.82, 2.24) is 0 Å². The lowest BCUT2D eigenvalue weighted by molar-refractivity contribution is 1.50. The van der Waals surface area contributed by atoms with E-state index in [2.05, 4.69) is 12.3 Å². The summed E-state index contributed by atoms with van der Waals surface area (Å²) in [7, 11) is 0. The lowest BCUT2D eigenvalue weighted by Crippen LogP contribution is -1.47. The summed E-state index contributed by atoms with van der Waals surface area (Å²) in [6, 6.07) is 12.0. The molecule has 0 saturated carbocycles. The van der Waals surface area contributed by atoms with Crippen LogP contribution in [0.15, 0.2) is 36.4 Å². The molecule has 0 aromatic heterocycles. The highest BCUT2D eigenvalue weighted by molar-refractivity contribution is 4.99. The molecule has 0 aliphatic heterocycles. The average Bonchev–Trinajstić information content (AvgIpc) is 2.12. The van der Waals surface area contributed by atoms with Crippen LogP contribution in [0.25, 0.3) is 0 Å². The maximum absolute atomic E-state index is 4.60. The molecule has 0 N–H and O–H groups in total. The molecule has 60 valence electrons. The highest BCUT2D eigenvalue weighted by atomic mass is 13.6. The summed E-state index contributed by atoms with van der Waals surface area (Å²) in [6.45, 7) is 5.65. The van der Waals surface area contributed by atoms with Crippen molar-refractivity contribution >= 4 is 0 Å². The van der Waals surface area contributed by atoms with Gasteiger partial charge in [-0.1, -0.05) is 50.2 Å². The van der Waals surface area contributed by atoms with E-state index in [9.17, 15) is 0 Å². The summed E-state index contributed by atoms with van der Waals surface area (Å²) >= 11 is 0. The SMILES string of the molecule is C#CC.CC.c1ccccc1. The van der Waals surface area contributed by atoms with Crippen molar-refractivity contribution < 1.29 is 0 Å². The van der Waals surface area contributed by atoms with Crippen molar-refractivity contribution in [3.63, 3.8) is 0 Å². The molecular weight excluding hydrogens is 132 g/mol. The Morgan fingerprint density at radius 2 is 0.909 bits per heavy atom. The van der Waals surface area contributed by atoms with Crippen LogP contribution in [-0.2, 0) is 0 Å². The molecule has 0 heterocycles. The molecule has 0 fully saturated rings. The number of hydrogen-bond donors (Lipinski definition) is 0. The van der Waals surface area contributed by atoms with Gasteiger partial charge in [0.25, 0.3) is 0 Å². The first-order chi connectivity index (χ1) is 5.41. The first kappa shape index (κ1) is 12.5. The Balaban J connectivity index is 0. The molecule has 1 rings (SSSR count). The van der Waals surface area contributed by atoms with Crippen LogP contribution < -0.4 is 0 Å². The topological polar surface area (TPSA) is 0 Å². The van der Waals surface area contributed by atoms with Crippen molar-refractivity contribution in [3.05, 3.63) is 36.4 Å². The minimum atomic E-state index is 1.65. The molecule has 0 amide bonds. The second kappa shape index (κ2) is 15.9. The number of benzene rings is 1. The van der Waals surface area contributed by atoms with Crippen molar-refractivity contribution in [2.75, 3.05) is 0 Å². The second-order valence-corrected chi connectivity index (χ2v) is 1.44. The van der Waals surface area contributed by atoms with Gasteiger partial charge in [0.05, 0.1) is 0 Å². The van der Waals surface area contributed by atoms with Gasteiger partial charge in [0.15, 0.2) is 0 Å². The van der Waals surface area contributed by atoms with Crippen LogP contribution in [0, 0.1) is 12.3 Å². The van der Waals surface area contributed by atoms with Crippen molar-refractivity contribution in [2.45, 2.75) is 20.8 Å². The molecule has 1 aromatic carbocycles. The zero-order valence-electron chi connectivity index (χ0n) is 7.54. The molecule has 0 nitrogen and oxygen atoms in total. The Morgan fingerprint density at radius 1 is 0.818 bits per heavy atom. The molecule has 0 atom stereocenters. The van der Waals surface area contributed by atoms with Crippen molar-refractivity contribution in [2.24, 2.45) is 0 Å². The van der Waals surface area contributed by atoms with E-state index in [4.69, 9.17) is 0 Å². The number of rotatable bonds is 0. The van der Waals surface area contributed by atoms with E-state index >= 15 is 0 Å². The highest BCUT2D eigenvalue weighted by Gasteiger charge is 1.57. The van der Waals surface area contributed by atoms with Gasteiger partial charge in [-0.3, -0.25) is 0 Å². The quantitative estimate of drug-likeness (QED) is 0.495. The zero-order valence-corrected chi connectivity index (χ0v) is 7.54. The van der Waals surface area contributed by atoms with Crippen LogP contribution in [0.2, 0.25) is 0 Å². The molecule has 0 spiro atoms. The van der Waals surface area contributed by atoms with Crippen LogP contribution >= 0.6 is 0 Å². The fourth-order valence-electron chi connectivity index (χ4n) is 0.385. The van der Waals surface area contributed by atoms with Crippen molar-refractivity contribution in [3.8, 4) is 12.3 Å². The van der Waals surface area contributed by atoms with Gasteiger partial charge in [-0.15, -0.1) is 12.3 Å². The summed E-state index contributed by atoms with van der Waals surface area (Å²) in [4.78, 5) is 0. The van der Waals surface area contributed by atoms with E-state index in [1.54, 1.807) is 6.92 Å². The Kier molecular flexibility index (Phi) is 18.0. The van der Waals surface area contributed by atoms with E-state index in [1.807, 2.05) is 50.2 Å². The van der Waals surface area contributed by atoms with Crippen LogP contribution in [0.1, 0.15) is 20.8 Å². The molecular formula is C11H16. The van der Waals surface area contributed by atoms with E-state index in [1.165, 1.54) is 0 Å². The summed E-state index contributed by atoms with van der Waals surface area (Å²) in [5.41, 5.74) is 0. The molecule has 0 saturated heterocycles. The van der Waals surface area contributed by atoms with E-state index < -0.39 is 0 Å². The maximum atomic E-state index is 4.60. The van der Waals surface area contributed by atoms with Crippen LogP contribution in [0.5, 0.6) is 0 Å². The van der Waals surface area contributed by atoms with Gasteiger partial charge in [-0.25, -0.2) is 0 Å². The first-order valence-electron chi connectivity index (χ1n) is 3.79. The Hall–Kier alpha value is -1.22. The standard InChI is InChI=1S/C6H6.C3H4.C2H6/c1-2-4-6-5-3-1;1-3-2;1-2/h1-6H;1H,2H3;1-2H3. The van der Waals surface area contributed by atoms with Gasteiger partial charge in [-0.2, -0.15) is 0 Å². The lowest BCUT2D eigenvalue weighted by atomic mass is 10.4. The van der Waals surface area contributed by atoms with E-state index in [0.29, 0.717) is 0 Å². The van der Waals surface area contributed by atoms with Gasteiger partial charge in [0, 0.05) is 0 Å².